The summed E-state index contributed by atoms with van der Waals surface area (Å²) in [5.74, 6) is 0.947. The second kappa shape index (κ2) is 6.52. The molecule has 0 aliphatic carbocycles. The molecule has 1 aromatic rings. The topological polar surface area (TPSA) is 53.0 Å². The van der Waals surface area contributed by atoms with E-state index in [1.165, 1.54) is 5.01 Å². The van der Waals surface area contributed by atoms with Gasteiger partial charge in [0, 0.05) is 25.9 Å². The van der Waals surface area contributed by atoms with Crippen LogP contribution in [0.3, 0.4) is 0 Å². The van der Waals surface area contributed by atoms with E-state index in [4.69, 9.17) is 0 Å². The Morgan fingerprint density at radius 1 is 1.09 bits per heavy atom. The molecule has 5 heteroatoms. The van der Waals surface area contributed by atoms with Crippen LogP contribution in [0.5, 0.6) is 0 Å². The van der Waals surface area contributed by atoms with Crippen LogP contribution in [-0.2, 0) is 9.59 Å². The van der Waals surface area contributed by atoms with Crippen LogP contribution < -0.4 is 5.01 Å². The second-order valence-corrected chi connectivity index (χ2v) is 6.74. The van der Waals surface area contributed by atoms with Gasteiger partial charge in [0.15, 0.2) is 0 Å². The summed E-state index contributed by atoms with van der Waals surface area (Å²) in [6, 6.07) is 9.29. The smallest absolute Gasteiger partial charge is 0.270 e. The predicted octanol–water partition coefficient (Wildman–Crippen LogP) is 2.67. The van der Waals surface area contributed by atoms with Crippen molar-refractivity contribution in [2.75, 3.05) is 18.1 Å². The molecule has 0 radical (unpaired) electrons. The number of carbonyl (C=O) groups excluding carboxylic acids is 2. The number of hydrogen-bond donors (Lipinski definition) is 0. The zero-order chi connectivity index (χ0) is 16.4. The van der Waals surface area contributed by atoms with Crippen molar-refractivity contribution in [2.24, 2.45) is 16.9 Å². The monoisotopic (exact) mass is 313 g/mol. The third-order valence-corrected chi connectivity index (χ3v) is 4.44. The number of hydrazone groups is 1. The lowest BCUT2D eigenvalue weighted by atomic mass is 9.91. The number of nitrogens with zero attached hydrogens (tertiary/aromatic N) is 3. The molecule has 2 atom stereocenters. The summed E-state index contributed by atoms with van der Waals surface area (Å²) in [7, 11) is 0. The summed E-state index contributed by atoms with van der Waals surface area (Å²) in [4.78, 5) is 26.8. The van der Waals surface area contributed by atoms with E-state index < -0.39 is 0 Å². The van der Waals surface area contributed by atoms with Gasteiger partial charge in [0.25, 0.3) is 5.91 Å². The molecule has 0 saturated carbocycles. The minimum atomic E-state index is -0.0619. The van der Waals surface area contributed by atoms with E-state index >= 15 is 0 Å². The lowest BCUT2D eigenvalue weighted by molar-refractivity contribution is -0.126. The number of amides is 2. The molecule has 3 rings (SSSR count). The van der Waals surface area contributed by atoms with E-state index in [-0.39, 0.29) is 11.8 Å². The number of rotatable bonds is 2. The molecule has 1 saturated heterocycles. The fourth-order valence-corrected chi connectivity index (χ4v) is 3.49. The summed E-state index contributed by atoms with van der Waals surface area (Å²) in [6.07, 6.45) is 1.92. The average molecular weight is 313 g/mol. The van der Waals surface area contributed by atoms with E-state index in [1.807, 2.05) is 35.2 Å². The van der Waals surface area contributed by atoms with Crippen molar-refractivity contribution < 1.29 is 9.59 Å². The van der Waals surface area contributed by atoms with Crippen molar-refractivity contribution in [2.45, 2.75) is 33.1 Å². The van der Waals surface area contributed by atoms with Crippen molar-refractivity contribution in [3.8, 4) is 0 Å². The van der Waals surface area contributed by atoms with Crippen molar-refractivity contribution in [3.05, 3.63) is 30.3 Å². The third kappa shape index (κ3) is 3.44. The molecule has 122 valence electrons. The highest BCUT2D eigenvalue weighted by atomic mass is 16.2. The molecule has 5 nitrogen and oxygen atoms in total. The Bertz CT molecular complexity index is 616. The van der Waals surface area contributed by atoms with Crippen LogP contribution in [0.15, 0.2) is 35.4 Å². The molecule has 1 aromatic carbocycles. The number of likely N-dealkylation sites (tertiary alicyclic amines) is 1. The molecule has 2 amide bonds. The minimum Gasteiger partial charge on any atom is -0.337 e. The molecule has 1 fully saturated rings. The summed E-state index contributed by atoms with van der Waals surface area (Å²) in [5.41, 5.74) is 1.21. The van der Waals surface area contributed by atoms with Crippen LogP contribution >= 0.6 is 0 Å². The van der Waals surface area contributed by atoms with Crippen molar-refractivity contribution in [1.82, 2.24) is 4.90 Å². The van der Waals surface area contributed by atoms with Crippen LogP contribution in [0.2, 0.25) is 0 Å². The fraction of sp³-hybridized carbons (Fsp3) is 0.500. The highest BCUT2D eigenvalue weighted by Gasteiger charge is 2.31. The SMILES string of the molecule is C[C@@H]1C[C@H](C)CN(C(=O)C2=NN(c3ccccc3)C(=O)CC2)C1. The average Bonchev–Trinajstić information content (AvgIpc) is 2.54. The number of para-hydroxylation sites is 1. The van der Waals surface area contributed by atoms with Crippen molar-refractivity contribution in [1.29, 1.82) is 0 Å². The van der Waals surface area contributed by atoms with Gasteiger partial charge in [0.1, 0.15) is 5.71 Å². The van der Waals surface area contributed by atoms with Crippen LogP contribution in [0.4, 0.5) is 5.69 Å². The van der Waals surface area contributed by atoms with E-state index in [0.717, 1.165) is 19.5 Å². The highest BCUT2D eigenvalue weighted by molar-refractivity contribution is 6.40. The fourth-order valence-electron chi connectivity index (χ4n) is 3.49. The Kier molecular flexibility index (Phi) is 4.46. The lowest BCUT2D eigenvalue weighted by Gasteiger charge is -2.36. The summed E-state index contributed by atoms with van der Waals surface area (Å²) in [5, 5.41) is 5.74. The molecule has 0 N–H and O–H groups in total. The lowest BCUT2D eigenvalue weighted by Crippen LogP contribution is -2.47. The Balaban J connectivity index is 1.81. The van der Waals surface area contributed by atoms with E-state index in [1.54, 1.807) is 0 Å². The maximum atomic E-state index is 12.8. The largest absolute Gasteiger partial charge is 0.337 e. The Morgan fingerprint density at radius 2 is 1.74 bits per heavy atom. The highest BCUT2D eigenvalue weighted by Crippen LogP contribution is 2.24. The standard InChI is InChI=1S/C18H23N3O2/c1-13-10-14(2)12-20(11-13)18(23)16-8-9-17(22)21(19-16)15-6-4-3-5-7-15/h3-7,13-14H,8-12H2,1-2H3/t13-,14+. The maximum absolute atomic E-state index is 12.8. The van der Waals surface area contributed by atoms with E-state index in [0.29, 0.717) is 36.1 Å². The van der Waals surface area contributed by atoms with Gasteiger partial charge in [-0.25, -0.2) is 5.01 Å². The third-order valence-electron chi connectivity index (χ3n) is 4.44. The van der Waals surface area contributed by atoms with Gasteiger partial charge in [-0.05, 0) is 30.4 Å². The van der Waals surface area contributed by atoms with Gasteiger partial charge in [-0.1, -0.05) is 32.0 Å². The van der Waals surface area contributed by atoms with Crippen molar-refractivity contribution >= 4 is 23.2 Å². The van der Waals surface area contributed by atoms with Crippen LogP contribution in [0, 0.1) is 11.8 Å². The first-order valence-corrected chi connectivity index (χ1v) is 8.29. The van der Waals surface area contributed by atoms with E-state index in [9.17, 15) is 9.59 Å². The first-order valence-electron chi connectivity index (χ1n) is 8.29. The summed E-state index contributed by atoms with van der Waals surface area (Å²) < 4.78 is 0. The molecule has 2 aliphatic heterocycles. The molecular weight excluding hydrogens is 290 g/mol. The molecule has 0 unspecified atom stereocenters. The number of benzene rings is 1. The van der Waals surface area contributed by atoms with Gasteiger partial charge in [-0.3, -0.25) is 9.59 Å². The zero-order valence-corrected chi connectivity index (χ0v) is 13.7. The van der Waals surface area contributed by atoms with Gasteiger partial charge in [-0.15, -0.1) is 0 Å². The Morgan fingerprint density at radius 3 is 2.39 bits per heavy atom. The predicted molar refractivity (Wildman–Crippen MR) is 90.1 cm³/mol. The van der Waals surface area contributed by atoms with Gasteiger partial charge in [0.05, 0.1) is 5.69 Å². The molecule has 2 aliphatic rings. The van der Waals surface area contributed by atoms with Gasteiger partial charge < -0.3 is 4.90 Å². The quantitative estimate of drug-likeness (QED) is 0.843. The zero-order valence-electron chi connectivity index (χ0n) is 13.7. The molecule has 0 spiro atoms. The second-order valence-electron chi connectivity index (χ2n) is 6.74. The Labute approximate surface area is 137 Å². The van der Waals surface area contributed by atoms with Gasteiger partial charge in [-0.2, -0.15) is 5.10 Å². The molecule has 2 heterocycles. The molecule has 0 aromatic heterocycles. The first kappa shape index (κ1) is 15.7. The number of carbonyl (C=O) groups is 2. The molecular formula is C18H23N3O2. The number of anilines is 1. The van der Waals surface area contributed by atoms with Crippen LogP contribution in [0.25, 0.3) is 0 Å². The maximum Gasteiger partial charge on any atom is 0.270 e. The summed E-state index contributed by atoms with van der Waals surface area (Å²) >= 11 is 0. The number of hydrogen-bond acceptors (Lipinski definition) is 3. The van der Waals surface area contributed by atoms with E-state index in [2.05, 4.69) is 18.9 Å². The summed E-state index contributed by atoms with van der Waals surface area (Å²) in [6.45, 7) is 5.92. The molecule has 0 bridgehead atoms. The van der Waals surface area contributed by atoms with Crippen LogP contribution in [0.1, 0.15) is 33.1 Å². The normalized spacial score (nSPS) is 25.3. The van der Waals surface area contributed by atoms with Crippen LogP contribution in [-0.4, -0.2) is 35.5 Å². The van der Waals surface area contributed by atoms with Crippen molar-refractivity contribution in [3.63, 3.8) is 0 Å². The van der Waals surface area contributed by atoms with Gasteiger partial charge in [0.2, 0.25) is 5.91 Å². The van der Waals surface area contributed by atoms with Gasteiger partial charge >= 0.3 is 0 Å². The Hall–Kier alpha value is -2.17. The number of piperidine rings is 1. The molecule has 23 heavy (non-hydrogen) atoms. The first-order chi connectivity index (χ1) is 11.0. The minimum absolute atomic E-state index is 0.0168.